The first-order valence-electron chi connectivity index (χ1n) is 6.84. The van der Waals surface area contributed by atoms with E-state index in [1.165, 1.54) is 6.07 Å². The lowest BCUT2D eigenvalue weighted by Gasteiger charge is -2.36. The molecule has 2 rings (SSSR count). The van der Waals surface area contributed by atoms with Gasteiger partial charge in [0.25, 0.3) is 8.32 Å². The van der Waals surface area contributed by atoms with Crippen LogP contribution >= 0.6 is 0 Å². The highest BCUT2D eigenvalue weighted by Gasteiger charge is 2.39. The molecule has 108 valence electrons. The van der Waals surface area contributed by atoms with Gasteiger partial charge in [-0.3, -0.25) is 0 Å². The molecule has 1 aromatic heterocycles. The smallest absolute Gasteiger partial charge is 0.339 e. The molecule has 0 fully saturated rings. The molecule has 0 N–H and O–H groups in total. The number of hydrogen-bond acceptors (Lipinski definition) is 3. The molecule has 2 aromatic rings. The van der Waals surface area contributed by atoms with Crippen molar-refractivity contribution >= 4 is 19.3 Å². The maximum atomic E-state index is 11.7. The molecule has 0 unspecified atom stereocenters. The van der Waals surface area contributed by atoms with Gasteiger partial charge in [-0.15, -0.1) is 0 Å². The van der Waals surface area contributed by atoms with Crippen LogP contribution in [0, 0.1) is 6.92 Å². The molecule has 20 heavy (non-hydrogen) atoms. The Bertz CT molecular complexity index is 693. The summed E-state index contributed by atoms with van der Waals surface area (Å²) in [5.41, 5.74) is 1.33. The largest absolute Gasteiger partial charge is 0.543 e. The Kier molecular flexibility index (Phi) is 3.54. The zero-order valence-electron chi connectivity index (χ0n) is 13.0. The number of benzene rings is 1. The molecular formula is C16H22O3Si. The van der Waals surface area contributed by atoms with Crippen molar-refractivity contribution in [3.8, 4) is 5.75 Å². The van der Waals surface area contributed by atoms with E-state index in [1.54, 1.807) is 0 Å². The van der Waals surface area contributed by atoms with Gasteiger partial charge >= 0.3 is 5.63 Å². The van der Waals surface area contributed by atoms with E-state index < -0.39 is 8.32 Å². The van der Waals surface area contributed by atoms with Crippen LogP contribution in [0.4, 0.5) is 0 Å². The van der Waals surface area contributed by atoms with Crippen LogP contribution in [0.15, 0.2) is 33.5 Å². The Labute approximate surface area is 120 Å². The third-order valence-corrected chi connectivity index (χ3v) is 8.37. The van der Waals surface area contributed by atoms with Crippen LogP contribution in [0.25, 0.3) is 11.0 Å². The third-order valence-electron chi connectivity index (χ3n) is 4.03. The van der Waals surface area contributed by atoms with Crippen molar-refractivity contribution in [2.24, 2.45) is 0 Å². The van der Waals surface area contributed by atoms with Gasteiger partial charge in [0, 0.05) is 0 Å². The summed E-state index contributed by atoms with van der Waals surface area (Å²) in [6.45, 7) is 12.9. The highest BCUT2D eigenvalue weighted by molar-refractivity contribution is 6.74. The van der Waals surface area contributed by atoms with Crippen LogP contribution in [0.1, 0.15) is 26.3 Å². The first-order valence-corrected chi connectivity index (χ1v) is 9.74. The summed E-state index contributed by atoms with van der Waals surface area (Å²) in [7, 11) is -1.98. The van der Waals surface area contributed by atoms with Gasteiger partial charge < -0.3 is 8.84 Å². The van der Waals surface area contributed by atoms with Crippen molar-refractivity contribution < 1.29 is 8.84 Å². The lowest BCUT2D eigenvalue weighted by atomic mass is 10.1. The molecule has 1 heterocycles. The van der Waals surface area contributed by atoms with E-state index >= 15 is 0 Å². The van der Waals surface area contributed by atoms with Crippen molar-refractivity contribution in [3.63, 3.8) is 0 Å². The van der Waals surface area contributed by atoms with Crippen LogP contribution < -0.4 is 10.1 Å². The molecule has 4 heteroatoms. The molecule has 0 atom stereocenters. The topological polar surface area (TPSA) is 39.4 Å². The number of hydrogen-bond donors (Lipinski definition) is 0. The Morgan fingerprint density at radius 1 is 1.15 bits per heavy atom. The summed E-state index contributed by atoms with van der Waals surface area (Å²) in [4.78, 5) is 11.7. The molecule has 3 nitrogen and oxygen atoms in total. The van der Waals surface area contributed by atoms with Crippen LogP contribution in [0.2, 0.25) is 18.1 Å². The van der Waals surface area contributed by atoms with Gasteiger partial charge in [-0.2, -0.15) is 0 Å². The zero-order chi connectivity index (χ0) is 15.1. The predicted octanol–water partition coefficient (Wildman–Crippen LogP) is 4.49. The summed E-state index contributed by atoms with van der Waals surface area (Å²) in [6, 6.07) is 7.22. The fourth-order valence-corrected chi connectivity index (χ4v) is 2.79. The molecule has 0 bridgehead atoms. The quantitative estimate of drug-likeness (QED) is 0.604. The number of fused-ring (bicyclic) bond motifs is 1. The van der Waals surface area contributed by atoms with Crippen LogP contribution in [0.3, 0.4) is 0 Å². The molecule has 0 saturated carbocycles. The SMILES string of the molecule is Cc1ccc2oc(=O)cc(O[Si](C)(C)C(C)(C)C)c2c1. The van der Waals surface area contributed by atoms with Crippen LogP contribution in [0.5, 0.6) is 5.75 Å². The lowest BCUT2D eigenvalue weighted by molar-refractivity contribution is 0.485. The lowest BCUT2D eigenvalue weighted by Crippen LogP contribution is -2.44. The minimum atomic E-state index is -1.98. The minimum Gasteiger partial charge on any atom is -0.543 e. The number of rotatable bonds is 2. The second-order valence-electron chi connectivity index (χ2n) is 6.79. The van der Waals surface area contributed by atoms with E-state index in [9.17, 15) is 4.79 Å². The summed E-state index contributed by atoms with van der Waals surface area (Å²) < 4.78 is 11.5. The highest BCUT2D eigenvalue weighted by atomic mass is 28.4. The van der Waals surface area contributed by atoms with Crippen molar-refractivity contribution in [3.05, 3.63) is 40.2 Å². The molecule has 0 radical (unpaired) electrons. The Hall–Kier alpha value is -1.55. The standard InChI is InChI=1S/C16H22O3Si/c1-11-7-8-13-12(9-11)14(10-15(17)18-13)19-20(5,6)16(2,3)4/h7-10H,1-6H3. The molecular weight excluding hydrogens is 268 g/mol. The monoisotopic (exact) mass is 290 g/mol. The molecule has 0 aliphatic heterocycles. The van der Waals surface area contributed by atoms with Crippen LogP contribution in [-0.4, -0.2) is 8.32 Å². The minimum absolute atomic E-state index is 0.0825. The normalized spacial score (nSPS) is 12.7. The molecule has 1 aromatic carbocycles. The average molecular weight is 290 g/mol. The van der Waals surface area contributed by atoms with Crippen LogP contribution in [-0.2, 0) is 0 Å². The van der Waals surface area contributed by atoms with E-state index in [0.717, 1.165) is 10.9 Å². The Balaban J connectivity index is 2.60. The summed E-state index contributed by atoms with van der Waals surface area (Å²) in [5.74, 6) is 0.645. The molecule has 0 amide bonds. The first-order chi connectivity index (χ1) is 9.10. The number of aryl methyl sites for hydroxylation is 1. The van der Waals surface area contributed by atoms with Crippen molar-refractivity contribution in [2.75, 3.05) is 0 Å². The van der Waals surface area contributed by atoms with E-state index in [2.05, 4.69) is 33.9 Å². The summed E-state index contributed by atoms with van der Waals surface area (Å²) >= 11 is 0. The van der Waals surface area contributed by atoms with Gasteiger partial charge in [0.05, 0.1) is 11.5 Å². The predicted molar refractivity (Wildman–Crippen MR) is 85.0 cm³/mol. The first kappa shape index (κ1) is 14.8. The van der Waals surface area contributed by atoms with Gasteiger partial charge in [0.1, 0.15) is 11.3 Å². The van der Waals surface area contributed by atoms with Crippen molar-refractivity contribution in [1.29, 1.82) is 0 Å². The Morgan fingerprint density at radius 3 is 2.40 bits per heavy atom. The molecule has 0 spiro atoms. The Morgan fingerprint density at radius 2 is 1.80 bits per heavy atom. The summed E-state index contributed by atoms with van der Waals surface area (Å²) in [6.07, 6.45) is 0. The maximum absolute atomic E-state index is 11.7. The van der Waals surface area contributed by atoms with Gasteiger partial charge in [-0.05, 0) is 37.2 Å². The zero-order valence-corrected chi connectivity index (χ0v) is 14.0. The van der Waals surface area contributed by atoms with Gasteiger partial charge in [0.15, 0.2) is 0 Å². The molecule has 0 saturated heterocycles. The van der Waals surface area contributed by atoms with E-state index in [4.69, 9.17) is 8.84 Å². The van der Waals surface area contributed by atoms with E-state index in [0.29, 0.717) is 11.3 Å². The fourth-order valence-electron chi connectivity index (χ4n) is 1.76. The van der Waals surface area contributed by atoms with Gasteiger partial charge in [-0.25, -0.2) is 4.79 Å². The second kappa shape index (κ2) is 4.77. The maximum Gasteiger partial charge on any atom is 0.339 e. The van der Waals surface area contributed by atoms with Gasteiger partial charge in [-0.1, -0.05) is 32.4 Å². The average Bonchev–Trinajstić information content (AvgIpc) is 2.28. The van der Waals surface area contributed by atoms with Crippen molar-refractivity contribution in [2.45, 2.75) is 45.8 Å². The fraction of sp³-hybridized carbons (Fsp3) is 0.438. The van der Waals surface area contributed by atoms with E-state index in [1.807, 2.05) is 25.1 Å². The second-order valence-corrected chi connectivity index (χ2v) is 11.5. The van der Waals surface area contributed by atoms with E-state index in [-0.39, 0.29) is 10.7 Å². The molecule has 0 aliphatic rings. The van der Waals surface area contributed by atoms with Gasteiger partial charge in [0.2, 0.25) is 0 Å². The summed E-state index contributed by atoms with van der Waals surface area (Å²) in [5, 5.41) is 0.952. The van der Waals surface area contributed by atoms with Crippen molar-refractivity contribution in [1.82, 2.24) is 0 Å². The molecule has 0 aliphatic carbocycles. The highest BCUT2D eigenvalue weighted by Crippen LogP contribution is 2.38. The third kappa shape index (κ3) is 2.80.